The van der Waals surface area contributed by atoms with E-state index in [0.29, 0.717) is 16.9 Å². The molecule has 0 fully saturated rings. The van der Waals surface area contributed by atoms with Crippen LogP contribution in [0.5, 0.6) is 0 Å². The first kappa shape index (κ1) is 13.7. The molecule has 0 radical (unpaired) electrons. The zero-order chi connectivity index (χ0) is 14.7. The lowest BCUT2D eigenvalue weighted by atomic mass is 10.1. The van der Waals surface area contributed by atoms with E-state index in [1.807, 2.05) is 0 Å². The van der Waals surface area contributed by atoms with Crippen LogP contribution in [0.4, 0.5) is 11.4 Å². The fraction of sp³-hybridized carbons (Fsp3) is 0.231. The van der Waals surface area contributed by atoms with Crippen molar-refractivity contribution in [3.05, 3.63) is 62.1 Å². The molecule has 0 amide bonds. The van der Waals surface area contributed by atoms with Crippen molar-refractivity contribution in [1.82, 2.24) is 9.78 Å². The Morgan fingerprint density at radius 1 is 1.35 bits per heavy atom. The Morgan fingerprint density at radius 2 is 2.10 bits per heavy atom. The SMILES string of the molecule is CNc1ccc(Cn2nc(C)ccc2=O)cc1[N+](=O)[O-]. The van der Waals surface area contributed by atoms with Gasteiger partial charge in [0.2, 0.25) is 0 Å². The first-order chi connectivity index (χ1) is 9.51. The standard InChI is InChI=1S/C13H14N4O3/c1-9-3-6-13(18)16(15-9)8-10-4-5-11(14-2)12(7-10)17(19)20/h3-7,14H,8H2,1-2H3. The van der Waals surface area contributed by atoms with E-state index in [-0.39, 0.29) is 17.8 Å². The maximum absolute atomic E-state index is 11.7. The van der Waals surface area contributed by atoms with Crippen molar-refractivity contribution < 1.29 is 4.92 Å². The van der Waals surface area contributed by atoms with Crippen LogP contribution in [0, 0.1) is 17.0 Å². The van der Waals surface area contributed by atoms with Crippen LogP contribution in [0.15, 0.2) is 35.1 Å². The first-order valence-electron chi connectivity index (χ1n) is 6.01. The third-order valence-electron chi connectivity index (χ3n) is 2.86. The molecule has 0 unspecified atom stereocenters. The summed E-state index contributed by atoms with van der Waals surface area (Å²) in [4.78, 5) is 22.2. The van der Waals surface area contributed by atoms with Gasteiger partial charge in [-0.3, -0.25) is 14.9 Å². The molecule has 7 nitrogen and oxygen atoms in total. The molecule has 0 spiro atoms. The van der Waals surface area contributed by atoms with Crippen LogP contribution in [0.25, 0.3) is 0 Å². The molecular weight excluding hydrogens is 260 g/mol. The molecule has 0 saturated heterocycles. The summed E-state index contributed by atoms with van der Waals surface area (Å²) in [5.74, 6) is 0. The number of hydrogen-bond donors (Lipinski definition) is 1. The van der Waals surface area contributed by atoms with Crippen molar-refractivity contribution in [2.24, 2.45) is 0 Å². The average molecular weight is 274 g/mol. The summed E-state index contributed by atoms with van der Waals surface area (Å²) >= 11 is 0. The first-order valence-corrected chi connectivity index (χ1v) is 6.01. The number of anilines is 1. The van der Waals surface area contributed by atoms with Gasteiger partial charge in [-0.05, 0) is 24.6 Å². The van der Waals surface area contributed by atoms with Crippen LogP contribution >= 0.6 is 0 Å². The van der Waals surface area contributed by atoms with Gasteiger partial charge >= 0.3 is 0 Å². The molecule has 0 bridgehead atoms. The van der Waals surface area contributed by atoms with E-state index in [4.69, 9.17) is 0 Å². The molecule has 1 N–H and O–H groups in total. The van der Waals surface area contributed by atoms with Crippen LogP contribution in [-0.2, 0) is 6.54 Å². The van der Waals surface area contributed by atoms with Crippen molar-refractivity contribution >= 4 is 11.4 Å². The second-order valence-corrected chi connectivity index (χ2v) is 4.33. The number of hydrogen-bond acceptors (Lipinski definition) is 5. The fourth-order valence-electron chi connectivity index (χ4n) is 1.88. The zero-order valence-electron chi connectivity index (χ0n) is 11.2. The van der Waals surface area contributed by atoms with Gasteiger partial charge in [-0.15, -0.1) is 0 Å². The van der Waals surface area contributed by atoms with Gasteiger partial charge in [0.05, 0.1) is 17.2 Å². The number of nitrogens with one attached hydrogen (secondary N) is 1. The Morgan fingerprint density at radius 3 is 2.75 bits per heavy atom. The van der Waals surface area contributed by atoms with Crippen LogP contribution < -0.4 is 10.9 Å². The number of aryl methyl sites for hydroxylation is 1. The quantitative estimate of drug-likeness (QED) is 0.674. The van der Waals surface area contributed by atoms with Crippen molar-refractivity contribution in [2.75, 3.05) is 12.4 Å². The predicted octanol–water partition coefficient (Wildman–Crippen LogP) is 1.55. The molecule has 0 atom stereocenters. The van der Waals surface area contributed by atoms with Crippen LogP contribution in [0.3, 0.4) is 0 Å². The Balaban J connectivity index is 2.39. The lowest BCUT2D eigenvalue weighted by Gasteiger charge is -2.07. The summed E-state index contributed by atoms with van der Waals surface area (Å²) in [6.45, 7) is 1.98. The number of nitrogens with zero attached hydrogens (tertiary/aromatic N) is 3. The summed E-state index contributed by atoms with van der Waals surface area (Å²) in [6, 6.07) is 7.86. The summed E-state index contributed by atoms with van der Waals surface area (Å²) in [5.41, 5.74) is 1.53. The highest BCUT2D eigenvalue weighted by Crippen LogP contribution is 2.25. The van der Waals surface area contributed by atoms with E-state index in [1.54, 1.807) is 32.2 Å². The molecular formula is C13H14N4O3. The monoisotopic (exact) mass is 274 g/mol. The third-order valence-corrected chi connectivity index (χ3v) is 2.86. The summed E-state index contributed by atoms with van der Waals surface area (Å²) < 4.78 is 1.29. The van der Waals surface area contributed by atoms with Crippen LogP contribution in [0.2, 0.25) is 0 Å². The maximum atomic E-state index is 11.7. The van der Waals surface area contributed by atoms with Crippen molar-refractivity contribution in [3.8, 4) is 0 Å². The third kappa shape index (κ3) is 2.82. The summed E-state index contributed by atoms with van der Waals surface area (Å²) in [7, 11) is 1.62. The number of rotatable bonds is 4. The largest absolute Gasteiger partial charge is 0.383 e. The number of nitro groups is 1. The van der Waals surface area contributed by atoms with Gasteiger partial charge in [0.1, 0.15) is 5.69 Å². The minimum absolute atomic E-state index is 0.0225. The highest BCUT2D eigenvalue weighted by molar-refractivity contribution is 5.62. The lowest BCUT2D eigenvalue weighted by Crippen LogP contribution is -2.23. The van der Waals surface area contributed by atoms with Crippen LogP contribution in [-0.4, -0.2) is 21.8 Å². The Kier molecular flexibility index (Phi) is 3.79. The summed E-state index contributed by atoms with van der Waals surface area (Å²) in [6.07, 6.45) is 0. The Labute approximate surface area is 115 Å². The van der Waals surface area contributed by atoms with E-state index in [9.17, 15) is 14.9 Å². The normalized spacial score (nSPS) is 10.3. The highest BCUT2D eigenvalue weighted by Gasteiger charge is 2.13. The second kappa shape index (κ2) is 5.52. The van der Waals surface area contributed by atoms with E-state index < -0.39 is 4.92 Å². The molecule has 0 aliphatic rings. The minimum Gasteiger partial charge on any atom is -0.383 e. The molecule has 0 aliphatic heterocycles. The number of nitro benzene ring substituents is 1. The highest BCUT2D eigenvalue weighted by atomic mass is 16.6. The van der Waals surface area contributed by atoms with Gasteiger partial charge in [0.15, 0.2) is 0 Å². The average Bonchev–Trinajstić information content (AvgIpc) is 2.42. The molecule has 0 saturated carbocycles. The summed E-state index contributed by atoms with van der Waals surface area (Å²) in [5, 5.41) is 17.9. The van der Waals surface area contributed by atoms with E-state index >= 15 is 0 Å². The fourth-order valence-corrected chi connectivity index (χ4v) is 1.88. The van der Waals surface area contributed by atoms with Crippen LogP contribution in [0.1, 0.15) is 11.3 Å². The topological polar surface area (TPSA) is 90.1 Å². The lowest BCUT2D eigenvalue weighted by molar-refractivity contribution is -0.384. The number of benzene rings is 1. The van der Waals surface area contributed by atoms with Crippen molar-refractivity contribution in [1.29, 1.82) is 0 Å². The molecule has 20 heavy (non-hydrogen) atoms. The predicted molar refractivity (Wildman–Crippen MR) is 75.0 cm³/mol. The Bertz CT molecular complexity index is 709. The zero-order valence-corrected chi connectivity index (χ0v) is 11.2. The maximum Gasteiger partial charge on any atom is 0.292 e. The molecule has 7 heteroatoms. The van der Waals surface area contributed by atoms with Gasteiger partial charge < -0.3 is 5.32 Å². The van der Waals surface area contributed by atoms with Gasteiger partial charge in [-0.2, -0.15) is 5.10 Å². The molecule has 1 aromatic heterocycles. The van der Waals surface area contributed by atoms with Gasteiger partial charge in [0, 0.05) is 19.2 Å². The smallest absolute Gasteiger partial charge is 0.292 e. The van der Waals surface area contributed by atoms with Gasteiger partial charge in [0.25, 0.3) is 11.2 Å². The van der Waals surface area contributed by atoms with E-state index in [1.165, 1.54) is 16.8 Å². The molecule has 1 aromatic carbocycles. The minimum atomic E-state index is -0.457. The molecule has 2 rings (SSSR count). The van der Waals surface area contributed by atoms with E-state index in [2.05, 4.69) is 10.4 Å². The Hall–Kier alpha value is -2.70. The molecule has 104 valence electrons. The molecule has 0 aliphatic carbocycles. The van der Waals surface area contributed by atoms with Gasteiger partial charge in [-0.1, -0.05) is 6.07 Å². The molecule has 2 aromatic rings. The van der Waals surface area contributed by atoms with Gasteiger partial charge in [-0.25, -0.2) is 4.68 Å². The van der Waals surface area contributed by atoms with Crippen molar-refractivity contribution in [3.63, 3.8) is 0 Å². The van der Waals surface area contributed by atoms with E-state index in [0.717, 1.165) is 0 Å². The number of aromatic nitrogens is 2. The second-order valence-electron chi connectivity index (χ2n) is 4.33. The molecule has 1 heterocycles. The van der Waals surface area contributed by atoms with Crippen molar-refractivity contribution in [2.45, 2.75) is 13.5 Å².